The summed E-state index contributed by atoms with van der Waals surface area (Å²) in [6.45, 7) is 1.64. The van der Waals surface area contributed by atoms with Crippen molar-refractivity contribution < 1.29 is 13.9 Å². The van der Waals surface area contributed by atoms with Crippen molar-refractivity contribution in [2.75, 3.05) is 26.9 Å². The molecule has 0 saturated carbocycles. The van der Waals surface area contributed by atoms with E-state index in [0.717, 1.165) is 0 Å². The third kappa shape index (κ3) is 2.96. The van der Waals surface area contributed by atoms with Crippen LogP contribution in [0, 0.1) is 5.82 Å². The molecular weight excluding hydrogens is 245 g/mol. The maximum atomic E-state index is 13.3. The van der Waals surface area contributed by atoms with Gasteiger partial charge in [-0.15, -0.1) is 0 Å². The smallest absolute Gasteiger partial charge is 0.123 e. The zero-order valence-electron chi connectivity index (χ0n) is 9.58. The molecule has 1 aromatic carbocycles. The molecule has 1 heterocycles. The fourth-order valence-electron chi connectivity index (χ4n) is 1.99. The third-order valence-corrected chi connectivity index (χ3v) is 3.16. The Morgan fingerprint density at radius 2 is 2.29 bits per heavy atom. The lowest BCUT2D eigenvalue weighted by atomic mass is 10.0. The standard InChI is InChI=1S/C12H15ClFNO2/c1-15-12(11-7-16-4-5-17-11)9-6-8(14)2-3-10(9)13/h2-3,6,11-12,15H,4-5,7H2,1H3. The summed E-state index contributed by atoms with van der Waals surface area (Å²) in [6.07, 6.45) is -0.145. The average molecular weight is 260 g/mol. The first-order valence-electron chi connectivity index (χ1n) is 5.54. The Labute approximate surface area is 105 Å². The second-order valence-electron chi connectivity index (χ2n) is 3.92. The van der Waals surface area contributed by atoms with Gasteiger partial charge in [-0.1, -0.05) is 11.6 Å². The molecule has 1 N–H and O–H groups in total. The molecular formula is C12H15ClFNO2. The maximum absolute atomic E-state index is 13.3. The maximum Gasteiger partial charge on any atom is 0.123 e. The first-order chi connectivity index (χ1) is 8.22. The molecule has 1 aromatic rings. The highest BCUT2D eigenvalue weighted by atomic mass is 35.5. The first kappa shape index (κ1) is 12.8. The Balaban J connectivity index is 2.24. The van der Waals surface area contributed by atoms with Gasteiger partial charge in [-0.2, -0.15) is 0 Å². The molecule has 2 unspecified atom stereocenters. The summed E-state index contributed by atoms with van der Waals surface area (Å²) in [5.41, 5.74) is 0.699. The van der Waals surface area contributed by atoms with Crippen LogP contribution in [0.5, 0.6) is 0 Å². The minimum absolute atomic E-state index is 0.145. The second-order valence-corrected chi connectivity index (χ2v) is 4.32. The van der Waals surface area contributed by atoms with E-state index in [-0.39, 0.29) is 18.0 Å². The van der Waals surface area contributed by atoms with Gasteiger partial charge in [0, 0.05) is 5.02 Å². The topological polar surface area (TPSA) is 30.5 Å². The van der Waals surface area contributed by atoms with E-state index in [0.29, 0.717) is 30.4 Å². The van der Waals surface area contributed by atoms with E-state index in [1.807, 2.05) is 0 Å². The van der Waals surface area contributed by atoms with Crippen LogP contribution in [0.4, 0.5) is 4.39 Å². The molecule has 0 spiro atoms. The summed E-state index contributed by atoms with van der Waals surface area (Å²) in [4.78, 5) is 0. The van der Waals surface area contributed by atoms with Gasteiger partial charge in [0.05, 0.1) is 25.9 Å². The van der Waals surface area contributed by atoms with Gasteiger partial charge < -0.3 is 14.8 Å². The van der Waals surface area contributed by atoms with Gasteiger partial charge in [0.15, 0.2) is 0 Å². The van der Waals surface area contributed by atoms with Crippen LogP contribution in [-0.4, -0.2) is 33.0 Å². The number of ether oxygens (including phenoxy) is 2. The Morgan fingerprint density at radius 3 is 2.94 bits per heavy atom. The molecule has 0 bridgehead atoms. The number of halogens is 2. The summed E-state index contributed by atoms with van der Waals surface area (Å²) >= 11 is 6.09. The second kappa shape index (κ2) is 5.78. The average Bonchev–Trinajstić information content (AvgIpc) is 2.36. The predicted molar refractivity (Wildman–Crippen MR) is 63.8 cm³/mol. The van der Waals surface area contributed by atoms with E-state index >= 15 is 0 Å². The summed E-state index contributed by atoms with van der Waals surface area (Å²) in [5.74, 6) is -0.304. The molecule has 0 aliphatic carbocycles. The molecule has 0 radical (unpaired) electrons. The molecule has 5 heteroatoms. The highest BCUT2D eigenvalue weighted by Crippen LogP contribution is 2.28. The SMILES string of the molecule is CNC(c1cc(F)ccc1Cl)C1COCCO1. The number of nitrogens with one attached hydrogen (secondary N) is 1. The highest BCUT2D eigenvalue weighted by Gasteiger charge is 2.27. The monoisotopic (exact) mass is 259 g/mol. The van der Waals surface area contributed by atoms with Crippen molar-refractivity contribution in [1.29, 1.82) is 0 Å². The molecule has 2 rings (SSSR count). The van der Waals surface area contributed by atoms with Gasteiger partial charge in [-0.3, -0.25) is 0 Å². The third-order valence-electron chi connectivity index (χ3n) is 2.82. The van der Waals surface area contributed by atoms with Crippen molar-refractivity contribution in [2.24, 2.45) is 0 Å². The predicted octanol–water partition coefficient (Wildman–Crippen LogP) is 2.16. The van der Waals surface area contributed by atoms with Gasteiger partial charge in [0.25, 0.3) is 0 Å². The van der Waals surface area contributed by atoms with Crippen molar-refractivity contribution in [2.45, 2.75) is 12.1 Å². The quantitative estimate of drug-likeness (QED) is 0.902. The molecule has 0 aromatic heterocycles. The van der Waals surface area contributed by atoms with Gasteiger partial charge >= 0.3 is 0 Å². The highest BCUT2D eigenvalue weighted by molar-refractivity contribution is 6.31. The first-order valence-corrected chi connectivity index (χ1v) is 5.91. The van der Waals surface area contributed by atoms with E-state index < -0.39 is 0 Å². The normalized spacial score (nSPS) is 22.4. The minimum atomic E-state index is -0.304. The Kier molecular flexibility index (Phi) is 4.34. The Hall–Kier alpha value is -0.680. The van der Waals surface area contributed by atoms with Crippen molar-refractivity contribution in [3.63, 3.8) is 0 Å². The zero-order valence-corrected chi connectivity index (χ0v) is 10.3. The summed E-state index contributed by atoms with van der Waals surface area (Å²) in [5, 5.41) is 3.63. The van der Waals surface area contributed by atoms with Crippen molar-refractivity contribution >= 4 is 11.6 Å². The van der Waals surface area contributed by atoms with Crippen molar-refractivity contribution in [3.8, 4) is 0 Å². The van der Waals surface area contributed by atoms with Crippen LogP contribution in [0.2, 0.25) is 5.02 Å². The van der Waals surface area contributed by atoms with Crippen LogP contribution >= 0.6 is 11.6 Å². The van der Waals surface area contributed by atoms with Gasteiger partial charge in [0.2, 0.25) is 0 Å². The van der Waals surface area contributed by atoms with E-state index in [2.05, 4.69) is 5.32 Å². The number of hydrogen-bond acceptors (Lipinski definition) is 3. The largest absolute Gasteiger partial charge is 0.376 e. The molecule has 2 atom stereocenters. The molecule has 1 aliphatic rings. The lowest BCUT2D eigenvalue weighted by Crippen LogP contribution is -2.39. The molecule has 0 amide bonds. The Bertz CT molecular complexity index is 383. The molecule has 17 heavy (non-hydrogen) atoms. The lowest BCUT2D eigenvalue weighted by molar-refractivity contribution is -0.101. The number of rotatable bonds is 3. The molecule has 1 aliphatic heterocycles. The van der Waals surface area contributed by atoms with Crippen LogP contribution in [0.15, 0.2) is 18.2 Å². The fourth-order valence-corrected chi connectivity index (χ4v) is 2.23. The molecule has 1 fully saturated rings. The Morgan fingerprint density at radius 1 is 1.47 bits per heavy atom. The molecule has 3 nitrogen and oxygen atoms in total. The summed E-state index contributed by atoms with van der Waals surface area (Å²) in [7, 11) is 1.80. The van der Waals surface area contributed by atoms with Crippen LogP contribution in [0.3, 0.4) is 0 Å². The van der Waals surface area contributed by atoms with Crippen LogP contribution in [0.1, 0.15) is 11.6 Å². The van der Waals surface area contributed by atoms with Gasteiger partial charge in [-0.05, 0) is 30.8 Å². The number of hydrogen-bond donors (Lipinski definition) is 1. The van der Waals surface area contributed by atoms with Crippen LogP contribution in [-0.2, 0) is 9.47 Å². The van der Waals surface area contributed by atoms with E-state index in [4.69, 9.17) is 21.1 Å². The summed E-state index contributed by atoms with van der Waals surface area (Å²) in [6, 6.07) is 4.16. The molecule has 94 valence electrons. The number of likely N-dealkylation sites (N-methyl/N-ethyl adjacent to an activating group) is 1. The van der Waals surface area contributed by atoms with E-state index in [1.54, 1.807) is 13.1 Å². The van der Waals surface area contributed by atoms with E-state index in [9.17, 15) is 4.39 Å². The lowest BCUT2D eigenvalue weighted by Gasteiger charge is -2.31. The summed E-state index contributed by atoms with van der Waals surface area (Å²) < 4.78 is 24.2. The zero-order chi connectivity index (χ0) is 12.3. The molecule has 1 saturated heterocycles. The van der Waals surface area contributed by atoms with Crippen molar-refractivity contribution in [1.82, 2.24) is 5.32 Å². The van der Waals surface area contributed by atoms with Crippen LogP contribution < -0.4 is 5.32 Å². The van der Waals surface area contributed by atoms with E-state index in [1.165, 1.54) is 12.1 Å². The minimum Gasteiger partial charge on any atom is -0.376 e. The fraction of sp³-hybridized carbons (Fsp3) is 0.500. The number of benzene rings is 1. The van der Waals surface area contributed by atoms with Crippen molar-refractivity contribution in [3.05, 3.63) is 34.6 Å². The van der Waals surface area contributed by atoms with Gasteiger partial charge in [0.1, 0.15) is 11.9 Å². The van der Waals surface area contributed by atoms with Crippen LogP contribution in [0.25, 0.3) is 0 Å². The van der Waals surface area contributed by atoms with Gasteiger partial charge in [-0.25, -0.2) is 4.39 Å².